The van der Waals surface area contributed by atoms with Crippen LogP contribution in [0.1, 0.15) is 5.56 Å². The molecule has 0 saturated heterocycles. The van der Waals surface area contributed by atoms with Crippen molar-refractivity contribution in [3.63, 3.8) is 0 Å². The monoisotopic (exact) mass is 296 g/mol. The van der Waals surface area contributed by atoms with Crippen molar-refractivity contribution in [3.8, 4) is 11.5 Å². The summed E-state index contributed by atoms with van der Waals surface area (Å²) in [7, 11) is 3.12. The second-order valence-corrected chi connectivity index (χ2v) is 4.84. The van der Waals surface area contributed by atoms with Gasteiger partial charge in [-0.3, -0.25) is 0 Å². The number of amides is 2. The molecular weight excluding hydrogens is 276 g/mol. The largest absolute Gasteiger partial charge is 0.454 e. The van der Waals surface area contributed by atoms with Gasteiger partial charge in [-0.1, -0.05) is 6.07 Å². The molecule has 0 bridgehead atoms. The molecule has 1 heterocycles. The Morgan fingerprint density at radius 2 is 2.24 bits per heavy atom. The van der Waals surface area contributed by atoms with Crippen molar-refractivity contribution in [2.45, 2.75) is 12.6 Å². The summed E-state index contributed by atoms with van der Waals surface area (Å²) in [6, 6.07) is 5.26. The molecule has 0 aromatic heterocycles. The molecule has 1 aliphatic heterocycles. The summed E-state index contributed by atoms with van der Waals surface area (Å²) in [5.74, 6) is 1.40. The number of likely N-dealkylation sites (N-methyl/N-ethyl adjacent to an activating group) is 1. The number of carbonyl (C=O) groups excluding carboxylic acids is 1. The number of fused-ring (bicyclic) bond motifs is 1. The number of carbonyl (C=O) groups is 1. The number of benzene rings is 1. The predicted molar refractivity (Wildman–Crippen MR) is 75.3 cm³/mol. The van der Waals surface area contributed by atoms with Gasteiger partial charge in [-0.25, -0.2) is 4.79 Å². The van der Waals surface area contributed by atoms with Gasteiger partial charge in [-0.05, 0) is 17.7 Å². The van der Waals surface area contributed by atoms with Gasteiger partial charge in [0.25, 0.3) is 0 Å². The summed E-state index contributed by atoms with van der Waals surface area (Å²) in [6.45, 7) is 1.01. The average Bonchev–Trinajstić information content (AvgIpc) is 2.92. The first-order valence-corrected chi connectivity index (χ1v) is 6.64. The van der Waals surface area contributed by atoms with E-state index < -0.39 is 6.10 Å². The molecule has 1 atom stereocenters. The maximum Gasteiger partial charge on any atom is 0.317 e. The van der Waals surface area contributed by atoms with Crippen molar-refractivity contribution in [1.82, 2.24) is 10.2 Å². The second-order valence-electron chi connectivity index (χ2n) is 4.84. The summed E-state index contributed by atoms with van der Waals surface area (Å²) >= 11 is 0. The number of nitrogens with zero attached hydrogens (tertiary/aromatic N) is 1. The Bertz CT molecular complexity index is 494. The molecule has 1 aromatic carbocycles. The number of rotatable bonds is 6. The highest BCUT2D eigenvalue weighted by Gasteiger charge is 2.15. The average molecular weight is 296 g/mol. The first kappa shape index (κ1) is 15.4. The zero-order valence-electron chi connectivity index (χ0n) is 12.2. The molecular formula is C14H20N2O5. The Kier molecular flexibility index (Phi) is 5.24. The van der Waals surface area contributed by atoms with Crippen molar-refractivity contribution in [3.05, 3.63) is 23.8 Å². The number of nitrogens with one attached hydrogen (secondary N) is 1. The van der Waals surface area contributed by atoms with E-state index in [1.165, 1.54) is 12.0 Å². The van der Waals surface area contributed by atoms with Crippen LogP contribution in [0.3, 0.4) is 0 Å². The molecule has 21 heavy (non-hydrogen) atoms. The standard InChI is InChI=1S/C14H20N2O5/c1-16(7-11(17)8-19-2)14(18)15-6-10-3-4-12-13(5-10)21-9-20-12/h3-5,11,17H,6-9H2,1-2H3,(H,15,18). The number of aliphatic hydroxyl groups is 1. The van der Waals surface area contributed by atoms with Crippen LogP contribution in [0.25, 0.3) is 0 Å². The summed E-state index contributed by atoms with van der Waals surface area (Å²) < 4.78 is 15.3. The van der Waals surface area contributed by atoms with Crippen LogP contribution in [0.4, 0.5) is 4.79 Å². The molecule has 2 N–H and O–H groups in total. The van der Waals surface area contributed by atoms with Crippen LogP contribution in [-0.2, 0) is 11.3 Å². The number of methoxy groups -OCH3 is 1. The van der Waals surface area contributed by atoms with E-state index in [4.69, 9.17) is 14.2 Å². The van der Waals surface area contributed by atoms with Crippen LogP contribution in [0, 0.1) is 0 Å². The SMILES string of the molecule is COCC(O)CN(C)C(=O)NCc1ccc2c(c1)OCO2. The topological polar surface area (TPSA) is 80.3 Å². The van der Waals surface area contributed by atoms with Crippen LogP contribution in [0.2, 0.25) is 0 Å². The molecule has 0 saturated carbocycles. The molecule has 0 fully saturated rings. The summed E-state index contributed by atoms with van der Waals surface area (Å²) in [6.07, 6.45) is -0.698. The van der Waals surface area contributed by atoms with E-state index in [9.17, 15) is 9.90 Å². The summed E-state index contributed by atoms with van der Waals surface area (Å²) in [5.41, 5.74) is 0.915. The summed E-state index contributed by atoms with van der Waals surface area (Å²) in [5, 5.41) is 12.4. The van der Waals surface area contributed by atoms with Gasteiger partial charge in [0, 0.05) is 20.7 Å². The van der Waals surface area contributed by atoms with Gasteiger partial charge in [0.2, 0.25) is 6.79 Å². The quantitative estimate of drug-likeness (QED) is 0.802. The predicted octanol–water partition coefficient (Wildman–Crippen LogP) is 0.564. The van der Waals surface area contributed by atoms with Crippen molar-refractivity contribution < 1.29 is 24.1 Å². The van der Waals surface area contributed by atoms with Gasteiger partial charge in [-0.2, -0.15) is 0 Å². The third kappa shape index (κ3) is 4.24. The first-order valence-electron chi connectivity index (χ1n) is 6.64. The minimum Gasteiger partial charge on any atom is -0.454 e. The molecule has 0 aliphatic carbocycles. The highest BCUT2D eigenvalue weighted by molar-refractivity contribution is 5.73. The number of hydrogen-bond donors (Lipinski definition) is 2. The molecule has 116 valence electrons. The maximum atomic E-state index is 11.9. The molecule has 1 aliphatic rings. The lowest BCUT2D eigenvalue weighted by atomic mass is 10.2. The zero-order chi connectivity index (χ0) is 15.2. The fourth-order valence-electron chi connectivity index (χ4n) is 2.01. The fraction of sp³-hybridized carbons (Fsp3) is 0.500. The Morgan fingerprint density at radius 1 is 1.48 bits per heavy atom. The van der Waals surface area contributed by atoms with E-state index in [1.807, 2.05) is 18.2 Å². The van der Waals surface area contributed by atoms with Crippen LogP contribution in [-0.4, -0.2) is 56.2 Å². The van der Waals surface area contributed by atoms with Crippen molar-refractivity contribution in [2.75, 3.05) is 34.1 Å². The van der Waals surface area contributed by atoms with Crippen molar-refractivity contribution in [2.24, 2.45) is 0 Å². The van der Waals surface area contributed by atoms with Gasteiger partial charge < -0.3 is 29.5 Å². The van der Waals surface area contributed by atoms with Crippen molar-refractivity contribution in [1.29, 1.82) is 0 Å². The van der Waals surface area contributed by atoms with Crippen molar-refractivity contribution >= 4 is 6.03 Å². The lowest BCUT2D eigenvalue weighted by Crippen LogP contribution is -2.42. The molecule has 0 spiro atoms. The molecule has 1 aromatic rings. The highest BCUT2D eigenvalue weighted by Crippen LogP contribution is 2.32. The van der Waals surface area contributed by atoms with E-state index in [2.05, 4.69) is 5.32 Å². The summed E-state index contributed by atoms with van der Waals surface area (Å²) in [4.78, 5) is 13.3. The van der Waals surface area contributed by atoms with Crippen LogP contribution in [0.5, 0.6) is 11.5 Å². The van der Waals surface area contributed by atoms with Gasteiger partial charge in [0.15, 0.2) is 11.5 Å². The highest BCUT2D eigenvalue weighted by atomic mass is 16.7. The Morgan fingerprint density at radius 3 is 3.00 bits per heavy atom. The third-order valence-corrected chi connectivity index (χ3v) is 3.07. The number of urea groups is 1. The van der Waals surface area contributed by atoms with E-state index in [1.54, 1.807) is 7.05 Å². The molecule has 7 heteroatoms. The third-order valence-electron chi connectivity index (χ3n) is 3.07. The van der Waals surface area contributed by atoms with Crippen LogP contribution in [0.15, 0.2) is 18.2 Å². The van der Waals surface area contributed by atoms with Crippen LogP contribution < -0.4 is 14.8 Å². The molecule has 0 radical (unpaired) electrons. The fourth-order valence-corrected chi connectivity index (χ4v) is 2.01. The van der Waals surface area contributed by atoms with Gasteiger partial charge in [0.05, 0.1) is 19.3 Å². The first-order chi connectivity index (χ1) is 10.1. The Hall–Kier alpha value is -1.99. The lowest BCUT2D eigenvalue weighted by molar-refractivity contribution is 0.0489. The van der Waals surface area contributed by atoms with Crippen LogP contribution >= 0.6 is 0 Å². The normalized spacial score (nSPS) is 13.9. The Balaban J connectivity index is 1.80. The smallest absolute Gasteiger partial charge is 0.317 e. The molecule has 2 amide bonds. The molecule has 7 nitrogen and oxygen atoms in total. The molecule has 1 unspecified atom stereocenters. The minimum absolute atomic E-state index is 0.194. The molecule has 2 rings (SSSR count). The van der Waals surface area contributed by atoms with E-state index in [0.29, 0.717) is 18.0 Å². The maximum absolute atomic E-state index is 11.9. The van der Waals surface area contributed by atoms with E-state index in [0.717, 1.165) is 5.56 Å². The minimum atomic E-state index is -0.698. The van der Waals surface area contributed by atoms with Gasteiger partial charge in [-0.15, -0.1) is 0 Å². The number of hydrogen-bond acceptors (Lipinski definition) is 5. The van der Waals surface area contributed by atoms with Gasteiger partial charge >= 0.3 is 6.03 Å². The van der Waals surface area contributed by atoms with E-state index >= 15 is 0 Å². The Labute approximate surface area is 123 Å². The van der Waals surface area contributed by atoms with Gasteiger partial charge in [0.1, 0.15) is 0 Å². The van der Waals surface area contributed by atoms with E-state index in [-0.39, 0.29) is 26.0 Å². The lowest BCUT2D eigenvalue weighted by Gasteiger charge is -2.21. The zero-order valence-corrected chi connectivity index (χ0v) is 12.2. The number of aliphatic hydroxyl groups excluding tert-OH is 1. The number of ether oxygens (including phenoxy) is 3. The second kappa shape index (κ2) is 7.14.